The summed E-state index contributed by atoms with van der Waals surface area (Å²) >= 11 is 0. The lowest BCUT2D eigenvalue weighted by Gasteiger charge is -2.00. The molecule has 17 heavy (non-hydrogen) atoms. The van der Waals surface area contributed by atoms with Gasteiger partial charge in [0.25, 0.3) is 0 Å². The second kappa shape index (κ2) is 4.20. The van der Waals surface area contributed by atoms with Gasteiger partial charge < -0.3 is 10.3 Å². The molecule has 2 N–H and O–H groups in total. The molecule has 88 valence electrons. The Morgan fingerprint density at radius 2 is 1.94 bits per heavy atom. The Labute approximate surface area is 99.8 Å². The van der Waals surface area contributed by atoms with E-state index in [1.54, 1.807) is 0 Å². The molecule has 1 saturated carbocycles. The summed E-state index contributed by atoms with van der Waals surface area (Å²) in [5.41, 5.74) is 7.43. The van der Waals surface area contributed by atoms with Crippen molar-refractivity contribution < 1.29 is 4.52 Å². The Balaban J connectivity index is 1.92. The quantitative estimate of drug-likeness (QED) is 0.804. The van der Waals surface area contributed by atoms with Gasteiger partial charge in [-0.25, -0.2) is 0 Å². The molecule has 1 fully saturated rings. The van der Waals surface area contributed by atoms with Gasteiger partial charge in [-0.15, -0.1) is 0 Å². The number of hydrogen-bond donors (Lipinski definition) is 1. The second-order valence-electron chi connectivity index (χ2n) is 4.52. The first-order valence-corrected chi connectivity index (χ1v) is 6.03. The van der Waals surface area contributed by atoms with E-state index >= 15 is 0 Å². The van der Waals surface area contributed by atoms with Crippen LogP contribution in [0.5, 0.6) is 0 Å². The van der Waals surface area contributed by atoms with Crippen LogP contribution in [-0.2, 0) is 0 Å². The zero-order chi connectivity index (χ0) is 11.7. The van der Waals surface area contributed by atoms with Crippen LogP contribution in [0, 0.1) is 0 Å². The number of nitrogen functional groups attached to an aromatic ring is 1. The first-order chi connectivity index (χ1) is 8.34. The standard InChI is InChI=1S/C13H15N3O/c14-11-8-4-3-7-10(11)12-15-13(17-16-12)9-5-1-2-6-9/h3-4,7-9H,1-2,5-6,14H2. The van der Waals surface area contributed by atoms with Crippen molar-refractivity contribution in [3.63, 3.8) is 0 Å². The number of rotatable bonds is 2. The molecule has 0 radical (unpaired) electrons. The predicted molar refractivity (Wildman–Crippen MR) is 65.4 cm³/mol. The van der Waals surface area contributed by atoms with Gasteiger partial charge in [-0.05, 0) is 25.0 Å². The summed E-state index contributed by atoms with van der Waals surface area (Å²) in [5, 5.41) is 4.03. The van der Waals surface area contributed by atoms with E-state index in [2.05, 4.69) is 10.1 Å². The predicted octanol–water partition coefficient (Wildman–Crippen LogP) is 2.98. The number of aromatic nitrogens is 2. The summed E-state index contributed by atoms with van der Waals surface area (Å²) in [7, 11) is 0. The van der Waals surface area contributed by atoms with E-state index in [9.17, 15) is 0 Å². The summed E-state index contributed by atoms with van der Waals surface area (Å²) in [6.45, 7) is 0. The van der Waals surface area contributed by atoms with Gasteiger partial charge in [0.1, 0.15) is 0 Å². The molecule has 1 aromatic carbocycles. The maximum absolute atomic E-state index is 5.89. The number of benzene rings is 1. The molecule has 1 heterocycles. The summed E-state index contributed by atoms with van der Waals surface area (Å²) in [4.78, 5) is 4.47. The van der Waals surface area contributed by atoms with Crippen LogP contribution in [0.2, 0.25) is 0 Å². The molecule has 2 aromatic rings. The van der Waals surface area contributed by atoms with Gasteiger partial charge in [0, 0.05) is 17.2 Å². The van der Waals surface area contributed by atoms with E-state index in [1.165, 1.54) is 12.8 Å². The van der Waals surface area contributed by atoms with Crippen LogP contribution in [0.3, 0.4) is 0 Å². The highest BCUT2D eigenvalue weighted by Crippen LogP contribution is 2.34. The van der Waals surface area contributed by atoms with Crippen LogP contribution in [0.1, 0.15) is 37.5 Å². The fourth-order valence-corrected chi connectivity index (χ4v) is 2.38. The van der Waals surface area contributed by atoms with Crippen molar-refractivity contribution in [3.8, 4) is 11.4 Å². The van der Waals surface area contributed by atoms with Crippen LogP contribution in [0.25, 0.3) is 11.4 Å². The molecule has 0 bridgehead atoms. The van der Waals surface area contributed by atoms with Gasteiger partial charge in [0.05, 0.1) is 0 Å². The van der Waals surface area contributed by atoms with Crippen LogP contribution in [0.15, 0.2) is 28.8 Å². The maximum Gasteiger partial charge on any atom is 0.230 e. The zero-order valence-electron chi connectivity index (χ0n) is 9.60. The van der Waals surface area contributed by atoms with Gasteiger partial charge in [0.15, 0.2) is 0 Å². The Bertz CT molecular complexity index is 515. The Kier molecular flexibility index (Phi) is 2.55. The summed E-state index contributed by atoms with van der Waals surface area (Å²) in [5.74, 6) is 1.81. The van der Waals surface area contributed by atoms with E-state index < -0.39 is 0 Å². The summed E-state index contributed by atoms with van der Waals surface area (Å²) in [6.07, 6.45) is 4.84. The highest BCUT2D eigenvalue weighted by Gasteiger charge is 2.23. The van der Waals surface area contributed by atoms with Crippen molar-refractivity contribution in [2.75, 3.05) is 5.73 Å². The third-order valence-corrected chi connectivity index (χ3v) is 3.35. The van der Waals surface area contributed by atoms with Crippen LogP contribution >= 0.6 is 0 Å². The molecule has 4 nitrogen and oxygen atoms in total. The summed E-state index contributed by atoms with van der Waals surface area (Å²) < 4.78 is 5.34. The fraction of sp³-hybridized carbons (Fsp3) is 0.385. The van der Waals surface area contributed by atoms with Crippen LogP contribution in [-0.4, -0.2) is 10.1 Å². The molecule has 1 aliphatic rings. The Hall–Kier alpha value is -1.84. The van der Waals surface area contributed by atoms with Gasteiger partial charge >= 0.3 is 0 Å². The Morgan fingerprint density at radius 1 is 1.18 bits per heavy atom. The minimum Gasteiger partial charge on any atom is -0.398 e. The zero-order valence-corrected chi connectivity index (χ0v) is 9.60. The monoisotopic (exact) mass is 229 g/mol. The van der Waals surface area contributed by atoms with E-state index in [0.717, 1.165) is 24.3 Å². The van der Waals surface area contributed by atoms with Crippen molar-refractivity contribution >= 4 is 5.69 Å². The third-order valence-electron chi connectivity index (χ3n) is 3.35. The van der Waals surface area contributed by atoms with Gasteiger partial charge in [-0.2, -0.15) is 4.98 Å². The molecule has 0 amide bonds. The number of hydrogen-bond acceptors (Lipinski definition) is 4. The molecule has 0 atom stereocenters. The fourth-order valence-electron chi connectivity index (χ4n) is 2.38. The molecular weight excluding hydrogens is 214 g/mol. The average Bonchev–Trinajstić information content (AvgIpc) is 3.00. The normalized spacial score (nSPS) is 16.5. The Morgan fingerprint density at radius 3 is 2.71 bits per heavy atom. The minimum atomic E-state index is 0.446. The highest BCUT2D eigenvalue weighted by atomic mass is 16.5. The maximum atomic E-state index is 5.89. The lowest BCUT2D eigenvalue weighted by Crippen LogP contribution is -1.93. The number of nitrogens with zero attached hydrogens (tertiary/aromatic N) is 2. The lowest BCUT2D eigenvalue weighted by molar-refractivity contribution is 0.354. The van der Waals surface area contributed by atoms with E-state index in [-0.39, 0.29) is 0 Å². The topological polar surface area (TPSA) is 64.9 Å². The molecule has 0 spiro atoms. The SMILES string of the molecule is Nc1ccccc1-c1noc(C2CCCC2)n1. The molecule has 4 heteroatoms. The highest BCUT2D eigenvalue weighted by molar-refractivity contribution is 5.70. The largest absolute Gasteiger partial charge is 0.398 e. The minimum absolute atomic E-state index is 0.446. The van der Waals surface area contributed by atoms with Crippen LogP contribution < -0.4 is 5.73 Å². The molecule has 1 aliphatic carbocycles. The van der Waals surface area contributed by atoms with E-state index in [1.807, 2.05) is 24.3 Å². The number of nitrogens with two attached hydrogens (primary N) is 1. The molecule has 0 saturated heterocycles. The number of para-hydroxylation sites is 1. The summed E-state index contributed by atoms with van der Waals surface area (Å²) in [6, 6.07) is 7.59. The van der Waals surface area contributed by atoms with Crippen LogP contribution in [0.4, 0.5) is 5.69 Å². The first kappa shape index (κ1) is 10.3. The number of anilines is 1. The van der Waals surface area contributed by atoms with Gasteiger partial charge in [0.2, 0.25) is 11.7 Å². The third kappa shape index (κ3) is 1.90. The van der Waals surface area contributed by atoms with Crippen molar-refractivity contribution in [1.29, 1.82) is 0 Å². The molecule has 0 unspecified atom stereocenters. The average molecular weight is 229 g/mol. The molecule has 1 aromatic heterocycles. The first-order valence-electron chi connectivity index (χ1n) is 6.03. The van der Waals surface area contributed by atoms with Crippen molar-refractivity contribution in [1.82, 2.24) is 10.1 Å². The molecule has 3 rings (SSSR count). The molecular formula is C13H15N3O. The van der Waals surface area contributed by atoms with Crippen molar-refractivity contribution in [2.45, 2.75) is 31.6 Å². The van der Waals surface area contributed by atoms with Crippen molar-refractivity contribution in [3.05, 3.63) is 30.2 Å². The molecule has 0 aliphatic heterocycles. The lowest BCUT2D eigenvalue weighted by atomic mass is 10.1. The second-order valence-corrected chi connectivity index (χ2v) is 4.52. The van der Waals surface area contributed by atoms with E-state index in [4.69, 9.17) is 10.3 Å². The van der Waals surface area contributed by atoms with Crippen molar-refractivity contribution in [2.24, 2.45) is 0 Å². The van der Waals surface area contributed by atoms with Gasteiger partial charge in [-0.1, -0.05) is 30.1 Å². The van der Waals surface area contributed by atoms with E-state index in [0.29, 0.717) is 17.4 Å². The van der Waals surface area contributed by atoms with Gasteiger partial charge in [-0.3, -0.25) is 0 Å². The smallest absolute Gasteiger partial charge is 0.230 e.